The summed E-state index contributed by atoms with van der Waals surface area (Å²) in [7, 11) is 0. The lowest BCUT2D eigenvalue weighted by molar-refractivity contribution is 0.518. The zero-order valence-corrected chi connectivity index (χ0v) is 16.0. The summed E-state index contributed by atoms with van der Waals surface area (Å²) in [6.07, 6.45) is 10.7. The van der Waals surface area contributed by atoms with Gasteiger partial charge in [0.25, 0.3) is 0 Å². The fraction of sp³-hybridized carbons (Fsp3) is 0.500. The first-order valence-electron chi connectivity index (χ1n) is 10.2. The van der Waals surface area contributed by atoms with Gasteiger partial charge in [-0.25, -0.2) is 9.97 Å². The second-order valence-corrected chi connectivity index (χ2v) is 8.57. The van der Waals surface area contributed by atoms with E-state index in [4.69, 9.17) is 0 Å². The van der Waals surface area contributed by atoms with Crippen LogP contribution in [0, 0.1) is 5.41 Å². The zero-order chi connectivity index (χ0) is 18.3. The van der Waals surface area contributed by atoms with E-state index in [1.165, 1.54) is 44.1 Å². The quantitative estimate of drug-likeness (QED) is 0.713. The highest BCUT2D eigenvalue weighted by molar-refractivity contribution is 5.92. The van der Waals surface area contributed by atoms with E-state index in [2.05, 4.69) is 56.3 Å². The minimum atomic E-state index is 0.587. The number of fused-ring (bicyclic) bond motifs is 1. The Hall–Kier alpha value is -2.43. The maximum atomic E-state index is 4.58. The molecule has 1 N–H and O–H groups in total. The van der Waals surface area contributed by atoms with E-state index in [1.807, 2.05) is 0 Å². The van der Waals surface area contributed by atoms with Gasteiger partial charge in [0.2, 0.25) is 0 Å². The van der Waals surface area contributed by atoms with Gasteiger partial charge < -0.3 is 4.90 Å². The van der Waals surface area contributed by atoms with Crippen molar-refractivity contribution in [3.8, 4) is 11.4 Å². The van der Waals surface area contributed by atoms with Crippen LogP contribution in [0.15, 0.2) is 30.6 Å². The van der Waals surface area contributed by atoms with Crippen molar-refractivity contribution in [1.82, 2.24) is 20.2 Å². The monoisotopic (exact) mass is 361 g/mol. The van der Waals surface area contributed by atoms with Gasteiger partial charge in [-0.3, -0.25) is 5.10 Å². The number of anilines is 1. The molecule has 0 radical (unpaired) electrons. The summed E-state index contributed by atoms with van der Waals surface area (Å²) >= 11 is 0. The van der Waals surface area contributed by atoms with Gasteiger partial charge >= 0.3 is 0 Å². The molecule has 5 nitrogen and oxygen atoms in total. The lowest BCUT2D eigenvalue weighted by atomic mass is 9.98. The Morgan fingerprint density at radius 1 is 1.07 bits per heavy atom. The van der Waals surface area contributed by atoms with E-state index in [0.717, 1.165) is 47.6 Å². The summed E-state index contributed by atoms with van der Waals surface area (Å²) in [6.45, 7) is 4.57. The fourth-order valence-corrected chi connectivity index (χ4v) is 4.09. The van der Waals surface area contributed by atoms with E-state index in [1.54, 1.807) is 6.33 Å². The first-order valence-corrected chi connectivity index (χ1v) is 10.2. The molecule has 140 valence electrons. The number of hydrogen-bond donors (Lipinski definition) is 1. The van der Waals surface area contributed by atoms with Crippen LogP contribution in [0.25, 0.3) is 22.3 Å². The molecule has 0 atom stereocenters. The van der Waals surface area contributed by atoms with E-state index < -0.39 is 0 Å². The van der Waals surface area contributed by atoms with E-state index >= 15 is 0 Å². The molecule has 5 rings (SSSR count). The molecule has 0 spiro atoms. The van der Waals surface area contributed by atoms with Gasteiger partial charge in [0.15, 0.2) is 0 Å². The summed E-state index contributed by atoms with van der Waals surface area (Å²) in [5, 5.41) is 8.92. The van der Waals surface area contributed by atoms with Crippen LogP contribution in [0.1, 0.15) is 51.0 Å². The third-order valence-corrected chi connectivity index (χ3v) is 6.32. The smallest absolute Gasteiger partial charge is 0.132 e. The lowest BCUT2D eigenvalue weighted by Crippen LogP contribution is -2.30. The van der Waals surface area contributed by atoms with Crippen LogP contribution >= 0.6 is 0 Å². The molecule has 2 aromatic heterocycles. The van der Waals surface area contributed by atoms with Gasteiger partial charge in [-0.05, 0) is 68.1 Å². The van der Waals surface area contributed by atoms with Crippen molar-refractivity contribution >= 4 is 16.7 Å². The Bertz CT molecular complexity index is 950. The Morgan fingerprint density at radius 2 is 1.93 bits per heavy atom. The molecular formula is C22H27N5. The standard InChI is InChI=1S/C22H27N5/c1-22(9-10-22)8-7-16-5-6-18-17(13-16)21(26-25-18)19-14-20(24-15-23-19)27-11-3-2-4-12-27/h5-6,13-15H,2-4,7-12H2,1H3,(H,25,26). The van der Waals surface area contributed by atoms with Gasteiger partial charge in [0, 0.05) is 24.5 Å². The second kappa shape index (κ2) is 6.63. The molecule has 0 bridgehead atoms. The van der Waals surface area contributed by atoms with Crippen LogP contribution in [0.3, 0.4) is 0 Å². The SMILES string of the molecule is CC1(CCc2ccc3[nH]nc(-c4cc(N5CCCCC5)ncn4)c3c2)CC1. The Kier molecular flexibility index (Phi) is 4.10. The van der Waals surface area contributed by atoms with Crippen molar-refractivity contribution < 1.29 is 0 Å². The van der Waals surface area contributed by atoms with Crippen LogP contribution in [-0.2, 0) is 6.42 Å². The van der Waals surface area contributed by atoms with Gasteiger partial charge in [-0.15, -0.1) is 0 Å². The molecule has 0 amide bonds. The zero-order valence-electron chi connectivity index (χ0n) is 16.0. The topological polar surface area (TPSA) is 57.7 Å². The Balaban J connectivity index is 1.45. The van der Waals surface area contributed by atoms with Crippen LogP contribution in [0.4, 0.5) is 5.82 Å². The average Bonchev–Trinajstić information content (AvgIpc) is 3.31. The summed E-state index contributed by atoms with van der Waals surface area (Å²) < 4.78 is 0. The van der Waals surface area contributed by atoms with Crippen LogP contribution in [-0.4, -0.2) is 33.3 Å². The van der Waals surface area contributed by atoms with Crippen molar-refractivity contribution in [3.05, 3.63) is 36.2 Å². The molecule has 3 heterocycles. The normalized spacial score (nSPS) is 18.8. The number of hydrogen-bond acceptors (Lipinski definition) is 4. The fourth-order valence-electron chi connectivity index (χ4n) is 4.09. The molecular weight excluding hydrogens is 334 g/mol. The van der Waals surface area contributed by atoms with E-state index in [9.17, 15) is 0 Å². The Labute approximate surface area is 160 Å². The molecule has 1 saturated carbocycles. The number of benzene rings is 1. The second-order valence-electron chi connectivity index (χ2n) is 8.57. The molecule has 1 aliphatic heterocycles. The largest absolute Gasteiger partial charge is 0.357 e. The number of nitrogens with one attached hydrogen (secondary N) is 1. The van der Waals surface area contributed by atoms with Crippen molar-refractivity contribution in [3.63, 3.8) is 0 Å². The first-order chi connectivity index (χ1) is 13.2. The highest BCUT2D eigenvalue weighted by atomic mass is 15.2. The molecule has 1 aliphatic carbocycles. The third-order valence-electron chi connectivity index (χ3n) is 6.32. The minimum absolute atomic E-state index is 0.587. The minimum Gasteiger partial charge on any atom is -0.357 e. The number of piperidine rings is 1. The molecule has 2 aliphatic rings. The first kappa shape index (κ1) is 16.7. The highest BCUT2D eigenvalue weighted by Crippen LogP contribution is 2.48. The van der Waals surface area contributed by atoms with Gasteiger partial charge in [-0.2, -0.15) is 5.10 Å². The van der Waals surface area contributed by atoms with Crippen LogP contribution in [0.2, 0.25) is 0 Å². The van der Waals surface area contributed by atoms with Crippen molar-refractivity contribution in [1.29, 1.82) is 0 Å². The molecule has 2 fully saturated rings. The number of aryl methyl sites for hydroxylation is 1. The number of aromatic nitrogens is 4. The van der Waals surface area contributed by atoms with Crippen LogP contribution in [0.5, 0.6) is 0 Å². The van der Waals surface area contributed by atoms with Crippen molar-refractivity contribution in [2.24, 2.45) is 5.41 Å². The Morgan fingerprint density at radius 3 is 2.74 bits per heavy atom. The maximum Gasteiger partial charge on any atom is 0.132 e. The van der Waals surface area contributed by atoms with Gasteiger partial charge in [-0.1, -0.05) is 13.0 Å². The van der Waals surface area contributed by atoms with Crippen LogP contribution < -0.4 is 4.90 Å². The summed E-state index contributed by atoms with van der Waals surface area (Å²) in [4.78, 5) is 11.4. The summed E-state index contributed by atoms with van der Waals surface area (Å²) in [5.41, 5.74) is 4.89. The molecule has 1 aromatic carbocycles. The summed E-state index contributed by atoms with van der Waals surface area (Å²) in [5.74, 6) is 1.02. The number of rotatable bonds is 5. The maximum absolute atomic E-state index is 4.58. The van der Waals surface area contributed by atoms with Gasteiger partial charge in [0.05, 0.1) is 11.2 Å². The molecule has 5 heteroatoms. The number of nitrogens with zero attached hydrogens (tertiary/aromatic N) is 4. The molecule has 3 aromatic rings. The van der Waals surface area contributed by atoms with Crippen molar-refractivity contribution in [2.75, 3.05) is 18.0 Å². The molecule has 27 heavy (non-hydrogen) atoms. The van der Waals surface area contributed by atoms with E-state index in [-0.39, 0.29) is 0 Å². The third kappa shape index (κ3) is 3.43. The van der Waals surface area contributed by atoms with Gasteiger partial charge in [0.1, 0.15) is 17.8 Å². The number of aromatic amines is 1. The highest BCUT2D eigenvalue weighted by Gasteiger charge is 2.36. The molecule has 0 unspecified atom stereocenters. The lowest BCUT2D eigenvalue weighted by Gasteiger charge is -2.27. The number of H-pyrrole nitrogens is 1. The van der Waals surface area contributed by atoms with Crippen molar-refractivity contribution in [2.45, 2.75) is 51.9 Å². The molecule has 1 saturated heterocycles. The predicted molar refractivity (Wildman–Crippen MR) is 109 cm³/mol. The van der Waals surface area contributed by atoms with E-state index in [0.29, 0.717) is 5.41 Å². The summed E-state index contributed by atoms with van der Waals surface area (Å²) in [6, 6.07) is 8.78. The predicted octanol–water partition coefficient (Wildman–Crippen LogP) is 4.74. The average molecular weight is 361 g/mol.